The molecule has 34 heavy (non-hydrogen) atoms. The van der Waals surface area contributed by atoms with Gasteiger partial charge < -0.3 is 14.2 Å². The number of halogens is 2. The van der Waals surface area contributed by atoms with Gasteiger partial charge >= 0.3 is 16.1 Å². The van der Waals surface area contributed by atoms with Crippen LogP contribution in [-0.2, 0) is 19.6 Å². The van der Waals surface area contributed by atoms with Crippen LogP contribution < -0.4 is 9.50 Å². The zero-order valence-corrected chi connectivity index (χ0v) is 17.8. The van der Waals surface area contributed by atoms with Gasteiger partial charge in [0.05, 0.1) is 10.5 Å². The second-order valence-electron chi connectivity index (χ2n) is 6.57. The third kappa shape index (κ3) is 6.10. The lowest BCUT2D eigenvalue weighted by molar-refractivity contribution is -0.385. The fraction of sp³-hybridized carbons (Fsp3) is 0.0476. The van der Waals surface area contributed by atoms with Gasteiger partial charge in [0.15, 0.2) is 18.2 Å². The molecule has 0 aliphatic heterocycles. The fourth-order valence-corrected chi connectivity index (χ4v) is 3.53. The van der Waals surface area contributed by atoms with Crippen molar-refractivity contribution in [2.75, 3.05) is 11.9 Å². The van der Waals surface area contributed by atoms with E-state index in [0.29, 0.717) is 0 Å². The maximum absolute atomic E-state index is 13.2. The number of ether oxygens (including phenoxy) is 1. The van der Waals surface area contributed by atoms with E-state index >= 15 is 0 Å². The van der Waals surface area contributed by atoms with Crippen LogP contribution in [0.2, 0.25) is 0 Å². The van der Waals surface area contributed by atoms with Gasteiger partial charge in [-0.25, -0.2) is 13.6 Å². The summed E-state index contributed by atoms with van der Waals surface area (Å²) in [5.41, 5.74) is -0.511. The molecule has 0 unspecified atom stereocenters. The van der Waals surface area contributed by atoms with Gasteiger partial charge in [0.25, 0.3) is 11.6 Å². The van der Waals surface area contributed by atoms with Crippen LogP contribution in [0.1, 0.15) is 10.4 Å². The van der Waals surface area contributed by atoms with Crippen LogP contribution in [0.25, 0.3) is 0 Å². The second-order valence-corrected chi connectivity index (χ2v) is 8.12. The third-order valence-electron chi connectivity index (χ3n) is 4.15. The number of hydrogen-bond donors (Lipinski definition) is 1. The first-order chi connectivity index (χ1) is 16.0. The highest BCUT2D eigenvalue weighted by Gasteiger charge is 2.20. The topological polar surface area (TPSA) is 142 Å². The first-order valence-electron chi connectivity index (χ1n) is 9.26. The van der Waals surface area contributed by atoms with E-state index in [1.54, 1.807) is 0 Å². The predicted molar refractivity (Wildman–Crippen MR) is 113 cm³/mol. The fourth-order valence-electron chi connectivity index (χ4n) is 2.56. The molecule has 0 atom stereocenters. The highest BCUT2D eigenvalue weighted by Crippen LogP contribution is 2.22. The minimum Gasteiger partial charge on any atom is -0.452 e. The quantitative estimate of drug-likeness (QED) is 0.218. The van der Waals surface area contributed by atoms with Crippen molar-refractivity contribution in [2.24, 2.45) is 0 Å². The number of amides is 1. The van der Waals surface area contributed by atoms with Crippen molar-refractivity contribution < 1.29 is 40.6 Å². The number of anilines is 1. The molecule has 176 valence electrons. The molecule has 3 aromatic rings. The molecule has 0 aliphatic rings. The monoisotopic (exact) mass is 492 g/mol. The molecule has 3 rings (SSSR count). The van der Waals surface area contributed by atoms with Crippen molar-refractivity contribution in [3.8, 4) is 5.75 Å². The number of carbonyl (C=O) groups is 2. The number of benzene rings is 3. The van der Waals surface area contributed by atoms with E-state index in [1.807, 2.05) is 0 Å². The van der Waals surface area contributed by atoms with Crippen molar-refractivity contribution in [1.29, 1.82) is 0 Å². The lowest BCUT2D eigenvalue weighted by Crippen LogP contribution is -2.21. The van der Waals surface area contributed by atoms with Gasteiger partial charge in [-0.1, -0.05) is 6.07 Å². The molecule has 0 aliphatic carbocycles. The van der Waals surface area contributed by atoms with Crippen LogP contribution in [0, 0.1) is 21.7 Å². The van der Waals surface area contributed by atoms with E-state index in [-0.39, 0.29) is 17.0 Å². The largest absolute Gasteiger partial charge is 0.452 e. The highest BCUT2D eigenvalue weighted by molar-refractivity contribution is 7.87. The lowest BCUT2D eigenvalue weighted by Gasteiger charge is -2.09. The van der Waals surface area contributed by atoms with Crippen molar-refractivity contribution in [3.63, 3.8) is 0 Å². The molecule has 3 aromatic carbocycles. The van der Waals surface area contributed by atoms with E-state index in [2.05, 4.69) is 5.32 Å². The summed E-state index contributed by atoms with van der Waals surface area (Å²) >= 11 is 0. The summed E-state index contributed by atoms with van der Waals surface area (Å²) in [6.07, 6.45) is 0. The van der Waals surface area contributed by atoms with Crippen LogP contribution in [0.15, 0.2) is 71.6 Å². The van der Waals surface area contributed by atoms with Gasteiger partial charge in [0, 0.05) is 23.9 Å². The smallest absolute Gasteiger partial charge is 0.339 e. The van der Waals surface area contributed by atoms with E-state index in [1.165, 1.54) is 18.2 Å². The van der Waals surface area contributed by atoms with E-state index in [4.69, 9.17) is 8.92 Å². The maximum Gasteiger partial charge on any atom is 0.339 e. The normalized spacial score (nSPS) is 10.9. The Kier molecular flexibility index (Phi) is 7.16. The summed E-state index contributed by atoms with van der Waals surface area (Å²) in [7, 11) is -4.38. The Morgan fingerprint density at radius 2 is 1.68 bits per heavy atom. The molecular weight excluding hydrogens is 478 g/mol. The van der Waals surface area contributed by atoms with E-state index in [9.17, 15) is 36.9 Å². The van der Waals surface area contributed by atoms with Crippen molar-refractivity contribution in [2.45, 2.75) is 4.90 Å². The zero-order chi connectivity index (χ0) is 24.9. The van der Waals surface area contributed by atoms with Crippen LogP contribution in [-0.4, -0.2) is 31.8 Å². The van der Waals surface area contributed by atoms with Gasteiger partial charge in [-0.3, -0.25) is 14.9 Å². The number of nitrogens with one attached hydrogen (secondary N) is 1. The van der Waals surface area contributed by atoms with Crippen LogP contribution >= 0.6 is 0 Å². The Balaban J connectivity index is 1.58. The molecule has 1 N–H and O–H groups in total. The van der Waals surface area contributed by atoms with E-state index in [0.717, 1.165) is 48.5 Å². The number of carbonyl (C=O) groups excluding carboxylic acids is 2. The Hall–Kier alpha value is -4.39. The van der Waals surface area contributed by atoms with Crippen LogP contribution in [0.3, 0.4) is 0 Å². The standard InChI is InChI=1S/C21H14F2N2O8S/c22-18-9-6-14(10-19(18)23)24-20(26)12-32-21(27)13-4-7-16(8-5-13)33-34(30,31)17-3-1-2-15(11-17)25(28)29/h1-11H,12H2,(H,24,26). The average molecular weight is 492 g/mol. The summed E-state index contributed by atoms with van der Waals surface area (Å²) in [5.74, 6) is -4.16. The molecule has 0 saturated carbocycles. The molecule has 0 fully saturated rings. The molecule has 0 saturated heterocycles. The molecule has 0 radical (unpaired) electrons. The molecule has 0 heterocycles. The number of nitrogens with zero attached hydrogens (tertiary/aromatic N) is 1. The second kappa shape index (κ2) is 10.0. The molecule has 0 bridgehead atoms. The number of esters is 1. The molecule has 10 nitrogen and oxygen atoms in total. The number of nitro groups is 1. The number of hydrogen-bond acceptors (Lipinski definition) is 8. The first-order valence-corrected chi connectivity index (χ1v) is 10.7. The predicted octanol–water partition coefficient (Wildman–Crippen LogP) is 3.44. The van der Waals surface area contributed by atoms with Crippen molar-refractivity contribution in [1.82, 2.24) is 0 Å². The van der Waals surface area contributed by atoms with Crippen LogP contribution in [0.5, 0.6) is 5.75 Å². The minimum absolute atomic E-state index is 0.0357. The van der Waals surface area contributed by atoms with E-state index < -0.39 is 55.7 Å². The van der Waals surface area contributed by atoms with Crippen molar-refractivity contribution in [3.05, 3.63) is 94.0 Å². The SMILES string of the molecule is O=C(COC(=O)c1ccc(OS(=O)(=O)c2cccc([N+](=O)[O-])c2)cc1)Nc1ccc(F)c(F)c1. The Labute approximate surface area is 191 Å². The number of rotatable bonds is 8. The number of nitro benzene ring substituents is 1. The Morgan fingerprint density at radius 1 is 0.971 bits per heavy atom. The van der Waals surface area contributed by atoms with Gasteiger partial charge in [0.1, 0.15) is 10.6 Å². The summed E-state index contributed by atoms with van der Waals surface area (Å²) in [4.78, 5) is 33.5. The summed E-state index contributed by atoms with van der Waals surface area (Å²) in [5, 5.41) is 13.1. The molecule has 0 spiro atoms. The average Bonchev–Trinajstić information content (AvgIpc) is 2.80. The first kappa shape index (κ1) is 24.3. The Morgan fingerprint density at radius 3 is 2.32 bits per heavy atom. The maximum atomic E-state index is 13.2. The van der Waals surface area contributed by atoms with Crippen molar-refractivity contribution >= 4 is 33.4 Å². The molecular formula is C21H14F2N2O8S. The van der Waals surface area contributed by atoms with Gasteiger partial charge in [-0.05, 0) is 42.5 Å². The Bertz CT molecular complexity index is 1360. The van der Waals surface area contributed by atoms with Gasteiger partial charge in [-0.15, -0.1) is 0 Å². The summed E-state index contributed by atoms with van der Waals surface area (Å²) in [6, 6.07) is 11.6. The highest BCUT2D eigenvalue weighted by atomic mass is 32.2. The molecule has 1 amide bonds. The minimum atomic E-state index is -4.38. The number of non-ortho nitro benzene ring substituents is 1. The molecule has 13 heteroatoms. The third-order valence-corrected chi connectivity index (χ3v) is 5.39. The molecule has 0 aromatic heterocycles. The lowest BCUT2D eigenvalue weighted by atomic mass is 10.2. The van der Waals surface area contributed by atoms with Gasteiger partial charge in [0.2, 0.25) is 0 Å². The summed E-state index contributed by atoms with van der Waals surface area (Å²) < 4.78 is 60.5. The van der Waals surface area contributed by atoms with Crippen LogP contribution in [0.4, 0.5) is 20.2 Å². The zero-order valence-electron chi connectivity index (χ0n) is 16.9. The summed E-state index contributed by atoms with van der Waals surface area (Å²) in [6.45, 7) is -0.725. The van der Waals surface area contributed by atoms with Gasteiger partial charge in [-0.2, -0.15) is 8.42 Å².